The molecule has 2 heteroatoms. The van der Waals surface area contributed by atoms with Crippen LogP contribution in [0.2, 0.25) is 0 Å². The first-order valence-corrected chi connectivity index (χ1v) is 9.22. The molecule has 0 heterocycles. The van der Waals surface area contributed by atoms with E-state index in [4.69, 9.17) is 4.74 Å². The van der Waals surface area contributed by atoms with Gasteiger partial charge < -0.3 is 4.74 Å². The Morgan fingerprint density at radius 1 is 0.846 bits per heavy atom. The van der Waals surface area contributed by atoms with Crippen LogP contribution in [-0.2, 0) is 12.8 Å². The molecule has 0 saturated carbocycles. The Hall–Kier alpha value is -2.87. The Kier molecular flexibility index (Phi) is 4.57. The molecular weight excluding hydrogens is 320 g/mol. The van der Waals surface area contributed by atoms with Gasteiger partial charge >= 0.3 is 5.97 Å². The lowest BCUT2D eigenvalue weighted by molar-refractivity contribution is 0.0735. The molecule has 0 saturated heterocycles. The summed E-state index contributed by atoms with van der Waals surface area (Å²) in [5, 5.41) is 0. The molecule has 1 aliphatic carbocycles. The van der Waals surface area contributed by atoms with Crippen molar-refractivity contribution in [1.29, 1.82) is 0 Å². The highest BCUT2D eigenvalue weighted by atomic mass is 16.5. The van der Waals surface area contributed by atoms with E-state index in [1.165, 1.54) is 35.1 Å². The van der Waals surface area contributed by atoms with Gasteiger partial charge in [-0.05, 0) is 73.1 Å². The van der Waals surface area contributed by atoms with Crippen LogP contribution in [0.4, 0.5) is 0 Å². The summed E-state index contributed by atoms with van der Waals surface area (Å²) in [5.41, 5.74) is 6.88. The first-order valence-electron chi connectivity index (χ1n) is 9.22. The third-order valence-corrected chi connectivity index (χ3v) is 5.11. The zero-order valence-electron chi connectivity index (χ0n) is 15.0. The Balaban J connectivity index is 1.77. The highest BCUT2D eigenvalue weighted by Gasteiger charge is 2.20. The molecule has 0 aromatic heterocycles. The largest absolute Gasteiger partial charge is 0.422 e. The molecule has 0 atom stereocenters. The lowest BCUT2D eigenvalue weighted by atomic mass is 9.83. The summed E-state index contributed by atoms with van der Waals surface area (Å²) in [6, 6.07) is 21.5. The van der Waals surface area contributed by atoms with Crippen LogP contribution in [0.5, 0.6) is 5.75 Å². The lowest BCUT2D eigenvalue weighted by Crippen LogP contribution is -2.10. The Morgan fingerprint density at radius 3 is 2.42 bits per heavy atom. The van der Waals surface area contributed by atoms with Gasteiger partial charge in [-0.2, -0.15) is 0 Å². The fraction of sp³-hybridized carbons (Fsp3) is 0.208. The minimum Gasteiger partial charge on any atom is -0.422 e. The SMILES string of the molecule is Cc1ccc2c(c1-c1ccccc1OC(=O)c1ccccc1)CCCC2. The summed E-state index contributed by atoms with van der Waals surface area (Å²) < 4.78 is 5.79. The van der Waals surface area contributed by atoms with Crippen molar-refractivity contribution < 1.29 is 9.53 Å². The second-order valence-corrected chi connectivity index (χ2v) is 6.85. The van der Waals surface area contributed by atoms with Crippen molar-refractivity contribution in [1.82, 2.24) is 0 Å². The number of esters is 1. The first-order chi connectivity index (χ1) is 12.7. The van der Waals surface area contributed by atoms with Gasteiger partial charge in [-0.25, -0.2) is 4.79 Å². The van der Waals surface area contributed by atoms with Gasteiger partial charge in [0.05, 0.1) is 5.56 Å². The van der Waals surface area contributed by atoms with Crippen LogP contribution < -0.4 is 4.74 Å². The molecule has 3 aromatic carbocycles. The normalized spacial score (nSPS) is 13.1. The number of hydrogen-bond acceptors (Lipinski definition) is 2. The minimum absolute atomic E-state index is 0.319. The highest BCUT2D eigenvalue weighted by molar-refractivity contribution is 5.92. The number of carbonyl (C=O) groups excluding carboxylic acids is 1. The summed E-state index contributed by atoms with van der Waals surface area (Å²) >= 11 is 0. The van der Waals surface area contributed by atoms with Crippen molar-refractivity contribution in [2.45, 2.75) is 32.6 Å². The van der Waals surface area contributed by atoms with Gasteiger partial charge in [0.25, 0.3) is 0 Å². The maximum absolute atomic E-state index is 12.5. The van der Waals surface area contributed by atoms with Gasteiger partial charge in [0.2, 0.25) is 0 Å². The fourth-order valence-corrected chi connectivity index (χ4v) is 3.82. The Bertz CT molecular complexity index is 942. The summed E-state index contributed by atoms with van der Waals surface area (Å²) in [4.78, 5) is 12.5. The Morgan fingerprint density at radius 2 is 1.58 bits per heavy atom. The van der Waals surface area contributed by atoms with Crippen molar-refractivity contribution in [2.75, 3.05) is 0 Å². The smallest absolute Gasteiger partial charge is 0.343 e. The van der Waals surface area contributed by atoms with Gasteiger partial charge in [-0.1, -0.05) is 48.5 Å². The first kappa shape index (κ1) is 16.6. The molecule has 1 aliphatic rings. The second-order valence-electron chi connectivity index (χ2n) is 6.85. The molecule has 2 nitrogen and oxygen atoms in total. The maximum atomic E-state index is 12.5. The summed E-state index contributed by atoms with van der Waals surface area (Å²) in [6.45, 7) is 2.14. The van der Waals surface area contributed by atoms with E-state index in [-0.39, 0.29) is 5.97 Å². The van der Waals surface area contributed by atoms with Gasteiger partial charge in [-0.3, -0.25) is 0 Å². The van der Waals surface area contributed by atoms with E-state index in [1.54, 1.807) is 12.1 Å². The van der Waals surface area contributed by atoms with E-state index >= 15 is 0 Å². The van der Waals surface area contributed by atoms with Crippen molar-refractivity contribution in [3.8, 4) is 16.9 Å². The topological polar surface area (TPSA) is 26.3 Å². The van der Waals surface area contributed by atoms with E-state index in [0.717, 1.165) is 18.4 Å². The number of benzene rings is 3. The molecule has 0 amide bonds. The molecule has 0 fully saturated rings. The third kappa shape index (κ3) is 3.15. The number of fused-ring (bicyclic) bond motifs is 1. The molecule has 0 spiro atoms. The lowest BCUT2D eigenvalue weighted by Gasteiger charge is -2.22. The maximum Gasteiger partial charge on any atom is 0.343 e. The zero-order valence-corrected chi connectivity index (χ0v) is 15.0. The molecule has 0 unspecified atom stereocenters. The fourth-order valence-electron chi connectivity index (χ4n) is 3.82. The van der Waals surface area contributed by atoms with Crippen LogP contribution >= 0.6 is 0 Å². The zero-order chi connectivity index (χ0) is 17.9. The van der Waals surface area contributed by atoms with E-state index in [1.807, 2.05) is 36.4 Å². The number of ether oxygens (including phenoxy) is 1. The monoisotopic (exact) mass is 342 g/mol. The molecule has 3 aromatic rings. The van der Waals surface area contributed by atoms with Gasteiger partial charge in [0.15, 0.2) is 0 Å². The quantitative estimate of drug-likeness (QED) is 0.447. The van der Waals surface area contributed by atoms with Crippen LogP contribution in [0, 0.1) is 6.92 Å². The number of rotatable bonds is 3. The number of carbonyl (C=O) groups is 1. The van der Waals surface area contributed by atoms with Crippen LogP contribution in [0.1, 0.15) is 39.9 Å². The predicted octanol–water partition coefficient (Wildman–Crippen LogP) is 5.76. The summed E-state index contributed by atoms with van der Waals surface area (Å²) in [6.07, 6.45) is 4.69. The average molecular weight is 342 g/mol. The molecular formula is C24H22O2. The number of para-hydroxylation sites is 1. The minimum atomic E-state index is -0.319. The number of hydrogen-bond donors (Lipinski definition) is 0. The molecule has 0 N–H and O–H groups in total. The predicted molar refractivity (Wildman–Crippen MR) is 105 cm³/mol. The molecule has 0 radical (unpaired) electrons. The van der Waals surface area contributed by atoms with Crippen LogP contribution in [0.15, 0.2) is 66.7 Å². The van der Waals surface area contributed by atoms with Crippen LogP contribution in [0.25, 0.3) is 11.1 Å². The molecule has 130 valence electrons. The van der Waals surface area contributed by atoms with Crippen LogP contribution in [-0.4, -0.2) is 5.97 Å². The molecule has 4 rings (SSSR count). The van der Waals surface area contributed by atoms with Crippen molar-refractivity contribution in [2.24, 2.45) is 0 Å². The van der Waals surface area contributed by atoms with E-state index in [2.05, 4.69) is 25.1 Å². The van der Waals surface area contributed by atoms with Crippen molar-refractivity contribution in [3.05, 3.63) is 89.0 Å². The van der Waals surface area contributed by atoms with Crippen molar-refractivity contribution in [3.63, 3.8) is 0 Å². The standard InChI is InChI=1S/C24H22O2/c1-17-15-16-18-9-5-6-12-20(18)23(17)21-13-7-8-14-22(21)26-24(25)19-10-3-2-4-11-19/h2-4,7-8,10-11,13-16H,5-6,9,12H2,1H3. The highest BCUT2D eigenvalue weighted by Crippen LogP contribution is 2.39. The molecule has 26 heavy (non-hydrogen) atoms. The van der Waals surface area contributed by atoms with Gasteiger partial charge in [-0.15, -0.1) is 0 Å². The summed E-state index contributed by atoms with van der Waals surface area (Å²) in [7, 11) is 0. The third-order valence-electron chi connectivity index (χ3n) is 5.11. The second kappa shape index (κ2) is 7.17. The molecule has 0 aliphatic heterocycles. The van der Waals surface area contributed by atoms with E-state index in [9.17, 15) is 4.79 Å². The van der Waals surface area contributed by atoms with Crippen LogP contribution in [0.3, 0.4) is 0 Å². The average Bonchev–Trinajstić information content (AvgIpc) is 2.69. The van der Waals surface area contributed by atoms with E-state index in [0.29, 0.717) is 11.3 Å². The van der Waals surface area contributed by atoms with Gasteiger partial charge in [0.1, 0.15) is 5.75 Å². The Labute approximate surface area is 154 Å². The number of aryl methyl sites for hydroxylation is 2. The molecule has 0 bridgehead atoms. The summed E-state index contributed by atoms with van der Waals surface area (Å²) in [5.74, 6) is 0.309. The van der Waals surface area contributed by atoms with Gasteiger partial charge in [0, 0.05) is 5.56 Å². The van der Waals surface area contributed by atoms with Crippen molar-refractivity contribution >= 4 is 5.97 Å². The van der Waals surface area contributed by atoms with E-state index < -0.39 is 0 Å².